The van der Waals surface area contributed by atoms with Gasteiger partial charge in [0.25, 0.3) is 0 Å². The Bertz CT molecular complexity index is 529. The Labute approximate surface area is 95.2 Å². The number of hydrogen-bond acceptors (Lipinski definition) is 2. The fourth-order valence-electron chi connectivity index (χ4n) is 1.45. The van der Waals surface area contributed by atoms with E-state index in [1.54, 1.807) is 0 Å². The molecule has 0 saturated heterocycles. The fourth-order valence-corrected chi connectivity index (χ4v) is 1.93. The van der Waals surface area contributed by atoms with Gasteiger partial charge in [-0.05, 0) is 34.5 Å². The predicted octanol–water partition coefficient (Wildman–Crippen LogP) is 2.44. The Balaban J connectivity index is 2.46. The Morgan fingerprint density at radius 1 is 1.33 bits per heavy atom. The van der Waals surface area contributed by atoms with Crippen LogP contribution in [0.5, 0.6) is 0 Å². The fraction of sp³-hybridized carbons (Fsp3) is 0.300. The van der Waals surface area contributed by atoms with Gasteiger partial charge in [0.2, 0.25) is 0 Å². The lowest BCUT2D eigenvalue weighted by Crippen LogP contribution is -2.00. The first-order valence-corrected chi connectivity index (χ1v) is 5.65. The van der Waals surface area contributed by atoms with Crippen LogP contribution >= 0.6 is 15.9 Å². The molecule has 3 N–H and O–H groups in total. The van der Waals surface area contributed by atoms with Crippen molar-refractivity contribution < 1.29 is 0 Å². The van der Waals surface area contributed by atoms with Gasteiger partial charge in [-0.3, -0.25) is 0 Å². The summed E-state index contributed by atoms with van der Waals surface area (Å²) in [4.78, 5) is 16.5. The van der Waals surface area contributed by atoms with Crippen LogP contribution < -0.4 is 11.0 Å². The van der Waals surface area contributed by atoms with Crippen LogP contribution in [0.3, 0.4) is 0 Å². The van der Waals surface area contributed by atoms with E-state index in [0.717, 1.165) is 34.2 Å². The highest BCUT2D eigenvalue weighted by Gasteiger charge is 2.04. The monoisotopic (exact) mass is 269 g/mol. The Hall–Kier alpha value is -1.23. The maximum absolute atomic E-state index is 11.1. The summed E-state index contributed by atoms with van der Waals surface area (Å²) in [5.74, 6) is 0. The van der Waals surface area contributed by atoms with Gasteiger partial charge in [0.1, 0.15) is 0 Å². The number of anilines is 1. The molecule has 5 heteroatoms. The molecule has 80 valence electrons. The number of hydrogen-bond donors (Lipinski definition) is 3. The van der Waals surface area contributed by atoms with Gasteiger partial charge in [-0.2, -0.15) is 0 Å². The zero-order valence-electron chi connectivity index (χ0n) is 8.36. The van der Waals surface area contributed by atoms with E-state index < -0.39 is 0 Å². The van der Waals surface area contributed by atoms with Gasteiger partial charge < -0.3 is 15.3 Å². The summed E-state index contributed by atoms with van der Waals surface area (Å²) in [6.07, 6.45) is 1.06. The Kier molecular flexibility index (Phi) is 2.81. The Morgan fingerprint density at radius 3 is 2.67 bits per heavy atom. The van der Waals surface area contributed by atoms with Gasteiger partial charge in [-0.15, -0.1) is 0 Å². The molecule has 0 radical (unpaired) electrons. The predicted molar refractivity (Wildman–Crippen MR) is 65.4 cm³/mol. The molecule has 0 unspecified atom stereocenters. The van der Waals surface area contributed by atoms with Crippen molar-refractivity contribution in [1.29, 1.82) is 0 Å². The van der Waals surface area contributed by atoms with Crippen LogP contribution in [0.1, 0.15) is 13.3 Å². The topological polar surface area (TPSA) is 60.7 Å². The molecule has 15 heavy (non-hydrogen) atoms. The van der Waals surface area contributed by atoms with Crippen molar-refractivity contribution in [2.75, 3.05) is 11.9 Å². The average Bonchev–Trinajstić information content (AvgIpc) is 2.53. The molecule has 2 aromatic rings. The molecule has 0 aliphatic carbocycles. The van der Waals surface area contributed by atoms with Gasteiger partial charge in [0.15, 0.2) is 0 Å². The first kappa shape index (κ1) is 10.3. The van der Waals surface area contributed by atoms with Gasteiger partial charge in [-0.25, -0.2) is 4.79 Å². The number of imidazole rings is 1. The normalized spacial score (nSPS) is 10.8. The van der Waals surface area contributed by atoms with Crippen LogP contribution in [0.25, 0.3) is 11.0 Å². The number of rotatable bonds is 3. The first-order chi connectivity index (χ1) is 7.20. The Morgan fingerprint density at radius 2 is 2.00 bits per heavy atom. The molecule has 0 aliphatic rings. The van der Waals surface area contributed by atoms with E-state index in [-0.39, 0.29) is 5.69 Å². The third kappa shape index (κ3) is 2.07. The van der Waals surface area contributed by atoms with Gasteiger partial charge >= 0.3 is 5.69 Å². The minimum absolute atomic E-state index is 0.176. The average molecular weight is 270 g/mol. The number of nitrogens with one attached hydrogen (secondary N) is 3. The van der Waals surface area contributed by atoms with E-state index in [2.05, 4.69) is 38.1 Å². The van der Waals surface area contributed by atoms with Crippen molar-refractivity contribution in [3.8, 4) is 0 Å². The third-order valence-electron chi connectivity index (χ3n) is 2.17. The van der Waals surface area contributed by atoms with Crippen molar-refractivity contribution in [2.45, 2.75) is 13.3 Å². The molecule has 0 spiro atoms. The molecule has 0 bridgehead atoms. The first-order valence-electron chi connectivity index (χ1n) is 4.86. The van der Waals surface area contributed by atoms with E-state index in [9.17, 15) is 4.79 Å². The third-order valence-corrected chi connectivity index (χ3v) is 2.83. The summed E-state index contributed by atoms with van der Waals surface area (Å²) in [5.41, 5.74) is 2.46. The lowest BCUT2D eigenvalue weighted by atomic mass is 10.2. The second kappa shape index (κ2) is 4.10. The van der Waals surface area contributed by atoms with Gasteiger partial charge in [0, 0.05) is 11.0 Å². The molecular formula is C10H12BrN3O. The van der Waals surface area contributed by atoms with Crippen LogP contribution in [0, 0.1) is 0 Å². The lowest BCUT2D eigenvalue weighted by molar-refractivity contribution is 0.979. The molecule has 0 amide bonds. The smallest absolute Gasteiger partial charge is 0.323 e. The molecule has 0 aliphatic heterocycles. The molecule has 0 atom stereocenters. The van der Waals surface area contributed by atoms with Crippen LogP contribution in [0.4, 0.5) is 5.69 Å². The second-order valence-corrected chi connectivity index (χ2v) is 4.24. The highest BCUT2D eigenvalue weighted by molar-refractivity contribution is 9.10. The van der Waals surface area contributed by atoms with E-state index >= 15 is 0 Å². The number of H-pyrrole nitrogens is 2. The van der Waals surface area contributed by atoms with Crippen molar-refractivity contribution >= 4 is 32.7 Å². The molecule has 0 fully saturated rings. The summed E-state index contributed by atoms with van der Waals surface area (Å²) in [5, 5.41) is 3.28. The lowest BCUT2D eigenvalue weighted by Gasteiger charge is -2.06. The summed E-state index contributed by atoms with van der Waals surface area (Å²) < 4.78 is 0.957. The minimum atomic E-state index is -0.176. The van der Waals surface area contributed by atoms with Crippen molar-refractivity contribution in [1.82, 2.24) is 9.97 Å². The standard InChI is InChI=1S/C10H12BrN3O/c1-2-3-12-7-5-9-8(4-6(7)11)13-10(15)14-9/h4-5,12H,2-3H2,1H3,(H2,13,14,15). The number of halogens is 1. The molecule has 1 heterocycles. The van der Waals surface area contributed by atoms with Gasteiger partial charge in [0.05, 0.1) is 16.7 Å². The quantitative estimate of drug-likeness (QED) is 0.802. The maximum Gasteiger partial charge on any atom is 0.323 e. The summed E-state index contributed by atoms with van der Waals surface area (Å²) >= 11 is 3.46. The van der Waals surface area contributed by atoms with E-state index in [1.807, 2.05) is 12.1 Å². The van der Waals surface area contributed by atoms with Crippen molar-refractivity contribution in [3.63, 3.8) is 0 Å². The van der Waals surface area contributed by atoms with Crippen LogP contribution in [-0.4, -0.2) is 16.5 Å². The molecule has 0 saturated carbocycles. The zero-order valence-corrected chi connectivity index (χ0v) is 9.94. The summed E-state index contributed by atoms with van der Waals surface area (Å²) in [7, 11) is 0. The van der Waals surface area contributed by atoms with Crippen LogP contribution in [0.2, 0.25) is 0 Å². The molecule has 1 aromatic carbocycles. The number of aromatic amines is 2. The second-order valence-electron chi connectivity index (χ2n) is 3.38. The number of aromatic nitrogens is 2. The zero-order chi connectivity index (χ0) is 10.8. The number of benzene rings is 1. The summed E-state index contributed by atoms with van der Waals surface area (Å²) in [6, 6.07) is 3.82. The SMILES string of the molecule is CCCNc1cc2[nH]c(=O)[nH]c2cc1Br. The molecule has 4 nitrogen and oxygen atoms in total. The molecule has 2 rings (SSSR count). The minimum Gasteiger partial charge on any atom is -0.384 e. The highest BCUT2D eigenvalue weighted by Crippen LogP contribution is 2.26. The summed E-state index contributed by atoms with van der Waals surface area (Å²) in [6.45, 7) is 3.02. The largest absolute Gasteiger partial charge is 0.384 e. The van der Waals surface area contributed by atoms with Gasteiger partial charge in [-0.1, -0.05) is 6.92 Å². The molecule has 1 aromatic heterocycles. The van der Waals surface area contributed by atoms with E-state index in [4.69, 9.17) is 0 Å². The van der Waals surface area contributed by atoms with E-state index in [1.165, 1.54) is 0 Å². The van der Waals surface area contributed by atoms with Crippen molar-refractivity contribution in [2.24, 2.45) is 0 Å². The highest BCUT2D eigenvalue weighted by atomic mass is 79.9. The van der Waals surface area contributed by atoms with Crippen LogP contribution in [-0.2, 0) is 0 Å². The number of fused-ring (bicyclic) bond motifs is 1. The maximum atomic E-state index is 11.1. The van der Waals surface area contributed by atoms with Crippen LogP contribution in [0.15, 0.2) is 21.4 Å². The molecular weight excluding hydrogens is 258 g/mol. The van der Waals surface area contributed by atoms with Crippen molar-refractivity contribution in [3.05, 3.63) is 27.1 Å². The van der Waals surface area contributed by atoms with E-state index in [0.29, 0.717) is 0 Å².